The highest BCUT2D eigenvalue weighted by Crippen LogP contribution is 2.28. The molecule has 25 heavy (non-hydrogen) atoms. The molecule has 0 aliphatic rings. The number of rotatable bonds is 7. The van der Waals surface area contributed by atoms with Crippen molar-refractivity contribution in [3.63, 3.8) is 0 Å². The summed E-state index contributed by atoms with van der Waals surface area (Å²) in [7, 11) is 1.50. The zero-order valence-electron chi connectivity index (χ0n) is 14.9. The zero-order chi connectivity index (χ0) is 18.4. The largest absolute Gasteiger partial charge is 0.493 e. The number of methoxy groups -OCH3 is 1. The van der Waals surface area contributed by atoms with Crippen LogP contribution in [0.2, 0.25) is 0 Å². The van der Waals surface area contributed by atoms with Gasteiger partial charge in [-0.25, -0.2) is 4.79 Å². The number of hydrogen-bond donors (Lipinski definition) is 0. The van der Waals surface area contributed by atoms with Gasteiger partial charge in [-0.05, 0) is 39.0 Å². The average molecular weight is 342 g/mol. The predicted molar refractivity (Wildman–Crippen MR) is 94.6 cm³/mol. The van der Waals surface area contributed by atoms with Crippen molar-refractivity contribution < 1.29 is 23.8 Å². The van der Waals surface area contributed by atoms with Crippen LogP contribution in [0.5, 0.6) is 11.5 Å². The van der Waals surface area contributed by atoms with E-state index in [9.17, 15) is 9.59 Å². The predicted octanol–water partition coefficient (Wildman–Crippen LogP) is 3.83. The maximum Gasteiger partial charge on any atom is 0.338 e. The van der Waals surface area contributed by atoms with Gasteiger partial charge in [-0.2, -0.15) is 0 Å². The molecule has 5 nitrogen and oxygen atoms in total. The summed E-state index contributed by atoms with van der Waals surface area (Å²) in [5.74, 6) is 0.153. The number of ketones is 1. The van der Waals surface area contributed by atoms with Gasteiger partial charge in [0.25, 0.3) is 0 Å². The molecule has 0 radical (unpaired) electrons. The molecule has 5 heteroatoms. The van der Waals surface area contributed by atoms with Gasteiger partial charge >= 0.3 is 5.97 Å². The van der Waals surface area contributed by atoms with Gasteiger partial charge < -0.3 is 14.2 Å². The van der Waals surface area contributed by atoms with Crippen LogP contribution >= 0.6 is 0 Å². The molecule has 1 unspecified atom stereocenters. The van der Waals surface area contributed by atoms with Crippen molar-refractivity contribution in [3.8, 4) is 11.5 Å². The van der Waals surface area contributed by atoms with Crippen molar-refractivity contribution in [2.45, 2.75) is 26.9 Å². The quantitative estimate of drug-likeness (QED) is 0.565. The third kappa shape index (κ3) is 4.59. The number of carbonyl (C=O) groups is 2. The van der Waals surface area contributed by atoms with Gasteiger partial charge in [0.1, 0.15) is 0 Å². The highest BCUT2D eigenvalue weighted by atomic mass is 16.5. The first-order chi connectivity index (χ1) is 12.0. The number of ether oxygens (including phenoxy) is 3. The minimum atomic E-state index is -0.882. The van der Waals surface area contributed by atoms with Crippen molar-refractivity contribution in [1.29, 1.82) is 0 Å². The normalized spacial score (nSPS) is 11.5. The SMILES string of the molecule is CCOc1ccc(C(=O)OC(C)C(=O)c2ccc(C)cc2)cc1OC. The molecule has 2 aromatic rings. The summed E-state index contributed by atoms with van der Waals surface area (Å²) in [6.45, 7) is 5.85. The lowest BCUT2D eigenvalue weighted by molar-refractivity contribution is 0.0318. The van der Waals surface area contributed by atoms with E-state index >= 15 is 0 Å². The molecular formula is C20H22O5. The minimum absolute atomic E-state index is 0.244. The molecule has 132 valence electrons. The molecule has 2 rings (SSSR count). The van der Waals surface area contributed by atoms with Crippen LogP contribution in [-0.4, -0.2) is 31.6 Å². The Morgan fingerprint density at radius 2 is 1.64 bits per heavy atom. The van der Waals surface area contributed by atoms with Gasteiger partial charge in [0.15, 0.2) is 17.6 Å². The van der Waals surface area contributed by atoms with E-state index in [2.05, 4.69) is 0 Å². The van der Waals surface area contributed by atoms with Crippen molar-refractivity contribution in [3.05, 3.63) is 59.2 Å². The summed E-state index contributed by atoms with van der Waals surface area (Å²) in [6.07, 6.45) is -0.882. The van der Waals surface area contributed by atoms with Gasteiger partial charge in [-0.15, -0.1) is 0 Å². The summed E-state index contributed by atoms with van der Waals surface area (Å²) in [5, 5.41) is 0. The fourth-order valence-electron chi connectivity index (χ4n) is 2.30. The molecule has 0 saturated carbocycles. The molecule has 0 aromatic heterocycles. The second kappa shape index (κ2) is 8.33. The minimum Gasteiger partial charge on any atom is -0.493 e. The molecule has 0 heterocycles. The average Bonchev–Trinajstić information content (AvgIpc) is 2.62. The first kappa shape index (κ1) is 18.5. The number of esters is 1. The van der Waals surface area contributed by atoms with Gasteiger partial charge in [-0.3, -0.25) is 4.79 Å². The van der Waals surface area contributed by atoms with Crippen molar-refractivity contribution in [1.82, 2.24) is 0 Å². The van der Waals surface area contributed by atoms with Crippen molar-refractivity contribution >= 4 is 11.8 Å². The summed E-state index contributed by atoms with van der Waals surface area (Å²) < 4.78 is 15.9. The van der Waals surface area contributed by atoms with Crippen molar-refractivity contribution in [2.75, 3.05) is 13.7 Å². The molecule has 1 atom stereocenters. The third-order valence-electron chi connectivity index (χ3n) is 3.69. The molecular weight excluding hydrogens is 320 g/mol. The lowest BCUT2D eigenvalue weighted by Crippen LogP contribution is -2.24. The molecule has 0 spiro atoms. The summed E-state index contributed by atoms with van der Waals surface area (Å²) >= 11 is 0. The van der Waals surface area contributed by atoms with E-state index in [4.69, 9.17) is 14.2 Å². The number of benzene rings is 2. The van der Waals surface area contributed by atoms with Crippen LogP contribution in [-0.2, 0) is 4.74 Å². The van der Waals surface area contributed by atoms with E-state index in [0.29, 0.717) is 29.2 Å². The van der Waals surface area contributed by atoms with E-state index in [1.807, 2.05) is 26.0 Å². The van der Waals surface area contributed by atoms with Crippen LogP contribution in [0.1, 0.15) is 40.1 Å². The van der Waals surface area contributed by atoms with E-state index in [-0.39, 0.29) is 5.78 Å². The smallest absolute Gasteiger partial charge is 0.338 e. The van der Waals surface area contributed by atoms with Gasteiger partial charge in [-0.1, -0.05) is 29.8 Å². The molecule has 0 aliphatic carbocycles. The summed E-state index contributed by atoms with van der Waals surface area (Å²) in [4.78, 5) is 24.7. The Labute approximate surface area is 147 Å². The van der Waals surface area contributed by atoms with Gasteiger partial charge in [0.05, 0.1) is 19.3 Å². The van der Waals surface area contributed by atoms with Crippen LogP contribution in [0.4, 0.5) is 0 Å². The lowest BCUT2D eigenvalue weighted by atomic mass is 10.1. The van der Waals surface area contributed by atoms with Crippen LogP contribution in [0.25, 0.3) is 0 Å². The van der Waals surface area contributed by atoms with E-state index < -0.39 is 12.1 Å². The Kier molecular flexibility index (Phi) is 6.17. The Bertz CT molecular complexity index is 749. The van der Waals surface area contributed by atoms with Crippen molar-refractivity contribution in [2.24, 2.45) is 0 Å². The maximum absolute atomic E-state index is 12.4. The molecule has 2 aromatic carbocycles. The highest BCUT2D eigenvalue weighted by molar-refractivity contribution is 6.01. The first-order valence-electron chi connectivity index (χ1n) is 8.09. The Balaban J connectivity index is 2.10. The fourth-order valence-corrected chi connectivity index (χ4v) is 2.30. The molecule has 0 N–H and O–H groups in total. The zero-order valence-corrected chi connectivity index (χ0v) is 14.9. The number of aryl methyl sites for hydroxylation is 1. The van der Waals surface area contributed by atoms with E-state index in [1.165, 1.54) is 13.2 Å². The Morgan fingerprint density at radius 1 is 1.00 bits per heavy atom. The number of Topliss-reactive ketones (excluding diaryl/α,β-unsaturated/α-hetero) is 1. The number of hydrogen-bond acceptors (Lipinski definition) is 5. The van der Waals surface area contributed by atoms with E-state index in [0.717, 1.165) is 5.56 Å². The van der Waals surface area contributed by atoms with Crippen LogP contribution in [0.3, 0.4) is 0 Å². The highest BCUT2D eigenvalue weighted by Gasteiger charge is 2.21. The third-order valence-corrected chi connectivity index (χ3v) is 3.69. The van der Waals surface area contributed by atoms with Gasteiger partial charge in [0, 0.05) is 5.56 Å². The van der Waals surface area contributed by atoms with Crippen LogP contribution < -0.4 is 9.47 Å². The number of carbonyl (C=O) groups excluding carboxylic acids is 2. The summed E-state index contributed by atoms with van der Waals surface area (Å²) in [6, 6.07) is 11.9. The monoisotopic (exact) mass is 342 g/mol. The molecule has 0 bridgehead atoms. The lowest BCUT2D eigenvalue weighted by Gasteiger charge is -2.14. The Hall–Kier alpha value is -2.82. The van der Waals surface area contributed by atoms with Crippen LogP contribution in [0, 0.1) is 6.92 Å². The second-order valence-electron chi connectivity index (χ2n) is 5.58. The fraction of sp³-hybridized carbons (Fsp3) is 0.300. The van der Waals surface area contributed by atoms with Crippen LogP contribution in [0.15, 0.2) is 42.5 Å². The summed E-state index contributed by atoms with van der Waals surface area (Å²) in [5.41, 5.74) is 1.86. The first-order valence-corrected chi connectivity index (χ1v) is 8.09. The van der Waals surface area contributed by atoms with E-state index in [1.54, 1.807) is 31.2 Å². The molecule has 0 aliphatic heterocycles. The molecule has 0 amide bonds. The maximum atomic E-state index is 12.4. The molecule has 0 saturated heterocycles. The second-order valence-corrected chi connectivity index (χ2v) is 5.58. The molecule has 0 fully saturated rings. The topological polar surface area (TPSA) is 61.8 Å². The van der Waals surface area contributed by atoms with Gasteiger partial charge in [0.2, 0.25) is 5.78 Å². The standard InChI is InChI=1S/C20H22O5/c1-5-24-17-11-10-16(12-18(17)23-4)20(22)25-14(3)19(21)15-8-6-13(2)7-9-15/h6-12,14H,5H2,1-4H3. The Morgan fingerprint density at radius 3 is 2.24 bits per heavy atom.